The first-order valence-electron chi connectivity index (χ1n) is 7.03. The van der Waals surface area contributed by atoms with Crippen LogP contribution in [0, 0.1) is 0 Å². The molecule has 2 rings (SSSR count). The van der Waals surface area contributed by atoms with Gasteiger partial charge in [0.15, 0.2) is 0 Å². The van der Waals surface area contributed by atoms with Crippen LogP contribution in [0.2, 0.25) is 0 Å². The molecule has 0 spiro atoms. The van der Waals surface area contributed by atoms with Crippen molar-refractivity contribution in [2.75, 3.05) is 13.2 Å². The number of hydrogen-bond donors (Lipinski definition) is 1. The topological polar surface area (TPSA) is 113 Å². The van der Waals surface area contributed by atoms with Gasteiger partial charge in [0.05, 0.1) is 25.2 Å². The highest BCUT2D eigenvalue weighted by Gasteiger charge is 2.57. The molecule has 138 valence electrons. The fourth-order valence-electron chi connectivity index (χ4n) is 2.66. The Balaban J connectivity index is 2.32. The molecule has 1 N–H and O–H groups in total. The van der Waals surface area contributed by atoms with E-state index in [1.807, 2.05) is 0 Å². The summed E-state index contributed by atoms with van der Waals surface area (Å²) in [5.41, 5.74) is -0.954. The summed E-state index contributed by atoms with van der Waals surface area (Å²) in [5, 5.41) is 9.07. The summed E-state index contributed by atoms with van der Waals surface area (Å²) in [6, 6.07) is -2.85. The lowest BCUT2D eigenvalue weighted by Crippen LogP contribution is -2.52. The maximum atomic E-state index is 13.8. The van der Waals surface area contributed by atoms with E-state index in [9.17, 15) is 26.8 Å². The maximum absolute atomic E-state index is 13.8. The van der Waals surface area contributed by atoms with Gasteiger partial charge in [0, 0.05) is 6.42 Å². The van der Waals surface area contributed by atoms with Crippen LogP contribution in [0.1, 0.15) is 27.2 Å². The van der Waals surface area contributed by atoms with E-state index in [-0.39, 0.29) is 4.31 Å². The second-order valence-corrected chi connectivity index (χ2v) is 8.11. The molecule has 2 unspecified atom stereocenters. The van der Waals surface area contributed by atoms with E-state index in [0.717, 1.165) is 0 Å². The summed E-state index contributed by atoms with van der Waals surface area (Å²) in [6.07, 6.45) is -3.82. The standard InChI is InChI=1S/C12H18F2N2O7S/c1-11(2,3)23-10(19)15-6-12(13,14)4-7(15)8-5-22-24(20,21)16(8)9(17)18/h7-8H,4-6H2,1-3H3,(H,17,18). The first-order valence-corrected chi connectivity index (χ1v) is 8.39. The molecule has 24 heavy (non-hydrogen) atoms. The lowest BCUT2D eigenvalue weighted by atomic mass is 10.1. The van der Waals surface area contributed by atoms with Gasteiger partial charge in [-0.1, -0.05) is 0 Å². The molecule has 0 aliphatic carbocycles. The SMILES string of the molecule is CC(C)(C)OC(=O)N1CC(F)(F)CC1C1COS(=O)(=O)N1C(=O)O. The van der Waals surface area contributed by atoms with Crippen molar-refractivity contribution in [3.63, 3.8) is 0 Å². The molecule has 0 radical (unpaired) electrons. The second kappa shape index (κ2) is 5.69. The van der Waals surface area contributed by atoms with Gasteiger partial charge in [-0.05, 0) is 20.8 Å². The van der Waals surface area contributed by atoms with Crippen LogP contribution in [-0.2, 0) is 19.2 Å². The molecular formula is C12H18F2N2O7S. The fourth-order valence-corrected chi connectivity index (χ4v) is 3.81. The Morgan fingerprint density at radius 1 is 1.29 bits per heavy atom. The Morgan fingerprint density at radius 2 is 1.88 bits per heavy atom. The molecule has 9 nitrogen and oxygen atoms in total. The van der Waals surface area contributed by atoms with Gasteiger partial charge >= 0.3 is 22.5 Å². The van der Waals surface area contributed by atoms with Crippen LogP contribution in [0.5, 0.6) is 0 Å². The lowest BCUT2D eigenvalue weighted by molar-refractivity contribution is -0.00293. The Hall–Kier alpha value is -1.69. The molecule has 12 heteroatoms. The van der Waals surface area contributed by atoms with Crippen LogP contribution in [0.3, 0.4) is 0 Å². The summed E-state index contributed by atoms with van der Waals surface area (Å²) >= 11 is 0. The zero-order valence-electron chi connectivity index (χ0n) is 13.2. The highest BCUT2D eigenvalue weighted by Crippen LogP contribution is 2.38. The minimum absolute atomic E-state index is 0.0313. The summed E-state index contributed by atoms with van der Waals surface area (Å²) < 4.78 is 60.3. The molecule has 2 aliphatic heterocycles. The number of carboxylic acid groups (broad SMARTS) is 1. The minimum atomic E-state index is -4.58. The summed E-state index contributed by atoms with van der Waals surface area (Å²) in [6.45, 7) is 2.99. The van der Waals surface area contributed by atoms with Crippen molar-refractivity contribution < 1.29 is 40.8 Å². The molecule has 0 aromatic rings. The fraction of sp³-hybridized carbons (Fsp3) is 0.833. The summed E-state index contributed by atoms with van der Waals surface area (Å²) in [7, 11) is -4.58. The molecule has 2 saturated heterocycles. The highest BCUT2D eigenvalue weighted by atomic mass is 32.2. The number of amides is 2. The Labute approximate surface area is 137 Å². The molecule has 0 aromatic carbocycles. The Kier molecular flexibility index (Phi) is 4.42. The van der Waals surface area contributed by atoms with Crippen molar-refractivity contribution in [2.45, 2.75) is 50.8 Å². The van der Waals surface area contributed by atoms with Gasteiger partial charge in [-0.3, -0.25) is 9.08 Å². The first kappa shape index (κ1) is 18.6. The number of ether oxygens (including phenoxy) is 1. The minimum Gasteiger partial charge on any atom is -0.464 e. The van der Waals surface area contributed by atoms with Crippen molar-refractivity contribution in [3.8, 4) is 0 Å². The normalized spacial score (nSPS) is 28.9. The average Bonchev–Trinajstić information content (AvgIpc) is 2.83. The van der Waals surface area contributed by atoms with Crippen LogP contribution < -0.4 is 0 Å². The van der Waals surface area contributed by atoms with E-state index in [2.05, 4.69) is 4.18 Å². The number of rotatable bonds is 1. The highest BCUT2D eigenvalue weighted by molar-refractivity contribution is 7.85. The van der Waals surface area contributed by atoms with Crippen molar-refractivity contribution in [1.82, 2.24) is 9.21 Å². The van der Waals surface area contributed by atoms with E-state index in [1.165, 1.54) is 0 Å². The number of nitrogens with zero attached hydrogens (tertiary/aromatic N) is 2. The van der Waals surface area contributed by atoms with Gasteiger partial charge in [0.1, 0.15) is 5.60 Å². The molecule has 0 aromatic heterocycles. The molecule has 2 heterocycles. The Bertz CT molecular complexity index is 646. The van der Waals surface area contributed by atoms with Gasteiger partial charge in [0.25, 0.3) is 5.92 Å². The summed E-state index contributed by atoms with van der Waals surface area (Å²) in [4.78, 5) is 24.0. The molecular weight excluding hydrogens is 354 g/mol. The maximum Gasteiger partial charge on any atom is 0.423 e. The molecule has 2 atom stereocenters. The number of likely N-dealkylation sites (tertiary alicyclic amines) is 1. The second-order valence-electron chi connectivity index (χ2n) is 6.62. The van der Waals surface area contributed by atoms with Crippen molar-refractivity contribution in [1.29, 1.82) is 0 Å². The van der Waals surface area contributed by atoms with Crippen LogP contribution in [-0.4, -0.2) is 71.7 Å². The van der Waals surface area contributed by atoms with Crippen LogP contribution >= 0.6 is 0 Å². The summed E-state index contributed by atoms with van der Waals surface area (Å²) in [5.74, 6) is -3.29. The lowest BCUT2D eigenvalue weighted by Gasteiger charge is -2.32. The third kappa shape index (κ3) is 3.69. The van der Waals surface area contributed by atoms with Gasteiger partial charge in [-0.15, -0.1) is 0 Å². The molecule has 0 bridgehead atoms. The predicted octanol–water partition coefficient (Wildman–Crippen LogP) is 1.25. The Morgan fingerprint density at radius 3 is 2.38 bits per heavy atom. The molecule has 2 fully saturated rings. The van der Waals surface area contributed by atoms with E-state index in [4.69, 9.17) is 9.84 Å². The zero-order chi connectivity index (χ0) is 18.5. The predicted molar refractivity (Wildman–Crippen MR) is 74.8 cm³/mol. The number of carbonyl (C=O) groups is 2. The average molecular weight is 372 g/mol. The number of halogens is 2. The molecule has 0 saturated carbocycles. The number of carbonyl (C=O) groups excluding carboxylic acids is 1. The van der Waals surface area contributed by atoms with E-state index in [1.54, 1.807) is 20.8 Å². The van der Waals surface area contributed by atoms with Gasteiger partial charge < -0.3 is 9.84 Å². The van der Waals surface area contributed by atoms with E-state index < -0.39 is 65.7 Å². The smallest absolute Gasteiger partial charge is 0.423 e. The van der Waals surface area contributed by atoms with Crippen molar-refractivity contribution in [2.24, 2.45) is 0 Å². The van der Waals surface area contributed by atoms with Crippen LogP contribution in [0.15, 0.2) is 0 Å². The largest absolute Gasteiger partial charge is 0.464 e. The van der Waals surface area contributed by atoms with Crippen molar-refractivity contribution >= 4 is 22.5 Å². The third-order valence-corrected chi connectivity index (χ3v) is 4.84. The monoisotopic (exact) mass is 372 g/mol. The number of hydrogen-bond acceptors (Lipinski definition) is 6. The van der Waals surface area contributed by atoms with Gasteiger partial charge in [-0.25, -0.2) is 18.4 Å². The van der Waals surface area contributed by atoms with Gasteiger partial charge in [0.2, 0.25) is 0 Å². The van der Waals surface area contributed by atoms with E-state index >= 15 is 0 Å². The number of alkyl halides is 2. The quantitative estimate of drug-likeness (QED) is 0.737. The molecule has 2 aliphatic rings. The van der Waals surface area contributed by atoms with Crippen LogP contribution in [0.25, 0.3) is 0 Å². The zero-order valence-corrected chi connectivity index (χ0v) is 14.0. The van der Waals surface area contributed by atoms with E-state index in [0.29, 0.717) is 4.90 Å². The van der Waals surface area contributed by atoms with Gasteiger partial charge in [-0.2, -0.15) is 12.7 Å². The molecule has 2 amide bonds. The third-order valence-electron chi connectivity index (χ3n) is 3.50. The first-order chi connectivity index (χ1) is 10.7. The van der Waals surface area contributed by atoms with Crippen LogP contribution in [0.4, 0.5) is 18.4 Å². The van der Waals surface area contributed by atoms with Crippen molar-refractivity contribution in [3.05, 3.63) is 0 Å².